The second kappa shape index (κ2) is 6.60. The van der Waals surface area contributed by atoms with E-state index < -0.39 is 10.0 Å². The number of sulfonamides is 1. The Morgan fingerprint density at radius 3 is 2.41 bits per heavy atom. The molecule has 3 atom stereocenters. The van der Waals surface area contributed by atoms with Gasteiger partial charge in [0.05, 0.1) is 11.4 Å². The molecule has 4 rings (SSSR count). The fraction of sp³-hybridized carbons (Fsp3) is 0.526. The molecule has 2 bridgehead atoms. The highest BCUT2D eigenvalue weighted by atomic mass is 32.2. The third-order valence-electron chi connectivity index (χ3n) is 5.60. The van der Waals surface area contributed by atoms with Crippen LogP contribution in [0.3, 0.4) is 0 Å². The van der Waals surface area contributed by atoms with Crippen molar-refractivity contribution in [3.63, 3.8) is 0 Å². The van der Waals surface area contributed by atoms with Crippen LogP contribution in [-0.4, -0.2) is 41.1 Å². The van der Waals surface area contributed by atoms with Crippen molar-refractivity contribution in [2.45, 2.75) is 69.5 Å². The van der Waals surface area contributed by atoms with Gasteiger partial charge in [0.15, 0.2) is 11.6 Å². The zero-order valence-corrected chi connectivity index (χ0v) is 16.5. The Morgan fingerprint density at radius 2 is 1.85 bits per heavy atom. The van der Waals surface area contributed by atoms with Crippen LogP contribution < -0.4 is 4.74 Å². The number of nitrogens with one attached hydrogen (secondary N) is 1. The van der Waals surface area contributed by atoms with E-state index in [0.29, 0.717) is 24.2 Å². The van der Waals surface area contributed by atoms with Crippen molar-refractivity contribution >= 4 is 10.0 Å². The topological polar surface area (TPSA) is 75.3 Å². The standard InChI is InChI=1S/C19H24FN3O3S/c1-11-4-7-18(17(20)8-11)26-16-9-14-5-6-15(10-16)23(14)27(24,25)19-12(2)21-22-13(19)3/h4,7-8,14-16H,5-6,9-10H2,1-3H3,(H,21,22)/t14-,15+,16+. The molecule has 3 heterocycles. The number of H-pyrrole nitrogens is 1. The second-order valence-electron chi connectivity index (χ2n) is 7.63. The van der Waals surface area contributed by atoms with Crippen molar-refractivity contribution in [3.8, 4) is 5.75 Å². The third kappa shape index (κ3) is 3.14. The molecule has 2 fully saturated rings. The van der Waals surface area contributed by atoms with Crippen LogP contribution in [-0.2, 0) is 10.0 Å². The van der Waals surface area contributed by atoms with Crippen LogP contribution in [0.4, 0.5) is 4.39 Å². The number of benzene rings is 1. The molecule has 6 nitrogen and oxygen atoms in total. The highest BCUT2D eigenvalue weighted by Gasteiger charge is 2.49. The number of hydrogen-bond donors (Lipinski definition) is 1. The van der Waals surface area contributed by atoms with Crippen LogP contribution in [0, 0.1) is 26.6 Å². The van der Waals surface area contributed by atoms with Crippen molar-refractivity contribution < 1.29 is 17.5 Å². The number of piperidine rings is 1. The van der Waals surface area contributed by atoms with Crippen LogP contribution >= 0.6 is 0 Å². The number of hydrogen-bond acceptors (Lipinski definition) is 4. The van der Waals surface area contributed by atoms with Crippen LogP contribution in [0.1, 0.15) is 42.6 Å². The summed E-state index contributed by atoms with van der Waals surface area (Å²) in [6.45, 7) is 5.26. The van der Waals surface area contributed by atoms with Gasteiger partial charge in [0.25, 0.3) is 0 Å². The van der Waals surface area contributed by atoms with E-state index in [9.17, 15) is 12.8 Å². The summed E-state index contributed by atoms with van der Waals surface area (Å²) in [6.07, 6.45) is 2.56. The Balaban J connectivity index is 1.56. The molecule has 27 heavy (non-hydrogen) atoms. The maximum Gasteiger partial charge on any atom is 0.247 e. The van der Waals surface area contributed by atoms with E-state index in [1.807, 2.05) is 13.0 Å². The lowest BCUT2D eigenvalue weighted by Gasteiger charge is -2.37. The Bertz CT molecular complexity index is 939. The molecule has 2 aliphatic heterocycles. The molecule has 0 unspecified atom stereocenters. The number of fused-ring (bicyclic) bond motifs is 2. The molecule has 0 saturated carbocycles. The van der Waals surface area contributed by atoms with E-state index in [4.69, 9.17) is 4.74 Å². The maximum atomic E-state index is 14.1. The van der Waals surface area contributed by atoms with E-state index >= 15 is 0 Å². The molecule has 0 spiro atoms. The fourth-order valence-electron chi connectivity index (χ4n) is 4.48. The van der Waals surface area contributed by atoms with Gasteiger partial charge >= 0.3 is 0 Å². The molecule has 2 saturated heterocycles. The van der Waals surface area contributed by atoms with Gasteiger partial charge in [-0.05, 0) is 51.3 Å². The summed E-state index contributed by atoms with van der Waals surface area (Å²) in [6, 6.07) is 4.67. The molecule has 2 aromatic rings. The van der Waals surface area contributed by atoms with Gasteiger partial charge in [-0.25, -0.2) is 12.8 Å². The summed E-state index contributed by atoms with van der Waals surface area (Å²) < 4.78 is 48.2. The van der Waals surface area contributed by atoms with Gasteiger partial charge in [-0.15, -0.1) is 0 Å². The first-order chi connectivity index (χ1) is 12.8. The van der Waals surface area contributed by atoms with Crippen molar-refractivity contribution in [3.05, 3.63) is 41.0 Å². The number of ether oxygens (including phenoxy) is 1. The van der Waals surface area contributed by atoms with Gasteiger partial charge in [-0.2, -0.15) is 9.40 Å². The van der Waals surface area contributed by atoms with Crippen LogP contribution in [0.15, 0.2) is 23.1 Å². The summed E-state index contributed by atoms with van der Waals surface area (Å²) in [5.74, 6) is -0.134. The minimum atomic E-state index is -3.62. The molecule has 8 heteroatoms. The number of aromatic nitrogens is 2. The number of rotatable bonds is 4. The van der Waals surface area contributed by atoms with Crippen molar-refractivity contribution in [2.75, 3.05) is 0 Å². The molecule has 1 N–H and O–H groups in total. The van der Waals surface area contributed by atoms with Gasteiger partial charge in [0.2, 0.25) is 10.0 Å². The van der Waals surface area contributed by atoms with Crippen LogP contribution in [0.25, 0.3) is 0 Å². The number of aryl methyl sites for hydroxylation is 3. The van der Waals surface area contributed by atoms with E-state index in [0.717, 1.165) is 18.4 Å². The van der Waals surface area contributed by atoms with E-state index in [1.54, 1.807) is 24.2 Å². The fourth-order valence-corrected chi connectivity index (χ4v) is 6.71. The Morgan fingerprint density at radius 1 is 1.19 bits per heavy atom. The smallest absolute Gasteiger partial charge is 0.247 e. The number of aromatic amines is 1. The van der Waals surface area contributed by atoms with Gasteiger partial charge in [0.1, 0.15) is 11.0 Å². The molecular formula is C19H24FN3O3S. The Labute approximate surface area is 158 Å². The average molecular weight is 393 g/mol. The monoisotopic (exact) mass is 393 g/mol. The molecule has 0 radical (unpaired) electrons. The zero-order chi connectivity index (χ0) is 19.3. The normalized spacial score (nSPS) is 25.7. The van der Waals surface area contributed by atoms with Crippen molar-refractivity contribution in [1.82, 2.24) is 14.5 Å². The van der Waals surface area contributed by atoms with Crippen LogP contribution in [0.5, 0.6) is 5.75 Å². The molecule has 2 aliphatic rings. The highest BCUT2D eigenvalue weighted by Crippen LogP contribution is 2.41. The number of halogens is 1. The average Bonchev–Trinajstić information content (AvgIpc) is 3.08. The van der Waals surface area contributed by atoms with Crippen molar-refractivity contribution in [1.29, 1.82) is 0 Å². The molecular weight excluding hydrogens is 369 g/mol. The lowest BCUT2D eigenvalue weighted by molar-refractivity contribution is 0.0921. The van der Waals surface area contributed by atoms with E-state index in [-0.39, 0.29) is 34.6 Å². The van der Waals surface area contributed by atoms with E-state index in [1.165, 1.54) is 6.07 Å². The lowest BCUT2D eigenvalue weighted by atomic mass is 10.0. The molecule has 0 amide bonds. The van der Waals surface area contributed by atoms with Crippen molar-refractivity contribution in [2.24, 2.45) is 0 Å². The minimum Gasteiger partial charge on any atom is -0.487 e. The number of nitrogens with zero attached hydrogens (tertiary/aromatic N) is 2. The Hall–Kier alpha value is -1.93. The summed E-state index contributed by atoms with van der Waals surface area (Å²) in [7, 11) is -3.62. The minimum absolute atomic E-state index is 0.124. The Kier molecular flexibility index (Phi) is 4.50. The summed E-state index contributed by atoms with van der Waals surface area (Å²) in [5.41, 5.74) is 1.89. The van der Waals surface area contributed by atoms with Crippen LogP contribution in [0.2, 0.25) is 0 Å². The zero-order valence-electron chi connectivity index (χ0n) is 15.7. The summed E-state index contributed by atoms with van der Waals surface area (Å²) in [4.78, 5) is 0.281. The largest absolute Gasteiger partial charge is 0.487 e. The molecule has 1 aromatic carbocycles. The highest BCUT2D eigenvalue weighted by molar-refractivity contribution is 7.89. The second-order valence-corrected chi connectivity index (χ2v) is 9.41. The first kappa shape index (κ1) is 18.4. The lowest BCUT2D eigenvalue weighted by Crippen LogP contribution is -2.49. The first-order valence-electron chi connectivity index (χ1n) is 9.25. The first-order valence-corrected chi connectivity index (χ1v) is 10.7. The van der Waals surface area contributed by atoms with Gasteiger partial charge in [-0.1, -0.05) is 6.07 Å². The quantitative estimate of drug-likeness (QED) is 0.865. The predicted octanol–water partition coefficient (Wildman–Crippen LogP) is 3.24. The maximum absolute atomic E-state index is 14.1. The molecule has 146 valence electrons. The third-order valence-corrected chi connectivity index (χ3v) is 7.87. The van der Waals surface area contributed by atoms with Gasteiger partial charge in [-0.3, -0.25) is 5.10 Å². The molecule has 0 aliphatic carbocycles. The molecule has 1 aromatic heterocycles. The van der Waals surface area contributed by atoms with E-state index in [2.05, 4.69) is 10.2 Å². The summed E-state index contributed by atoms with van der Waals surface area (Å²) in [5, 5.41) is 6.80. The van der Waals surface area contributed by atoms with Gasteiger partial charge in [0, 0.05) is 24.9 Å². The predicted molar refractivity (Wildman–Crippen MR) is 98.7 cm³/mol. The SMILES string of the molecule is Cc1ccc(O[C@H]2C[C@H]3CC[C@@H](C2)N3S(=O)(=O)c2c(C)n[nH]c2C)c(F)c1. The summed E-state index contributed by atoms with van der Waals surface area (Å²) >= 11 is 0. The van der Waals surface area contributed by atoms with Gasteiger partial charge < -0.3 is 4.74 Å².